The largest absolute Gasteiger partial charge is 0.497 e. The highest BCUT2D eigenvalue weighted by molar-refractivity contribution is 7.14. The highest BCUT2D eigenvalue weighted by atomic mass is 35.5. The van der Waals surface area contributed by atoms with Crippen LogP contribution in [0.1, 0.15) is 0 Å². The van der Waals surface area contributed by atoms with Gasteiger partial charge in [0.1, 0.15) is 5.75 Å². The van der Waals surface area contributed by atoms with Crippen LogP contribution in [0, 0.1) is 0 Å². The molecule has 1 N–H and O–H groups in total. The van der Waals surface area contributed by atoms with Crippen molar-refractivity contribution in [2.75, 3.05) is 38.2 Å². The molecule has 1 aliphatic heterocycles. The summed E-state index contributed by atoms with van der Waals surface area (Å²) < 4.78 is 5.17. The molecule has 20 heavy (non-hydrogen) atoms. The Morgan fingerprint density at radius 1 is 1.20 bits per heavy atom. The maximum absolute atomic E-state index is 5.17. The first-order valence-corrected chi connectivity index (χ1v) is 7.30. The van der Waals surface area contributed by atoms with Crippen LogP contribution in [0.5, 0.6) is 5.75 Å². The first-order chi connectivity index (χ1) is 9.36. The minimum absolute atomic E-state index is 0. The van der Waals surface area contributed by atoms with E-state index < -0.39 is 0 Å². The number of aromatic nitrogens is 1. The molecule has 1 fully saturated rings. The van der Waals surface area contributed by atoms with Crippen LogP contribution in [0.15, 0.2) is 29.6 Å². The van der Waals surface area contributed by atoms with Gasteiger partial charge in [0, 0.05) is 37.1 Å². The van der Waals surface area contributed by atoms with Gasteiger partial charge in [-0.25, -0.2) is 4.98 Å². The number of nitrogens with one attached hydrogen (secondary N) is 1. The van der Waals surface area contributed by atoms with Crippen LogP contribution in [0.25, 0.3) is 11.3 Å². The smallest absolute Gasteiger partial charge is 0.185 e. The number of piperazine rings is 1. The summed E-state index contributed by atoms with van der Waals surface area (Å²) in [6.45, 7) is 4.15. The number of hydrogen-bond donors (Lipinski definition) is 1. The number of ether oxygens (including phenoxy) is 1. The molecule has 1 aromatic carbocycles. The Labute approximate surface area is 129 Å². The highest BCUT2D eigenvalue weighted by Crippen LogP contribution is 2.28. The van der Waals surface area contributed by atoms with Gasteiger partial charge in [-0.3, -0.25) is 0 Å². The van der Waals surface area contributed by atoms with E-state index in [1.807, 2.05) is 12.1 Å². The topological polar surface area (TPSA) is 37.4 Å². The molecule has 0 atom stereocenters. The maximum Gasteiger partial charge on any atom is 0.185 e. The van der Waals surface area contributed by atoms with E-state index in [9.17, 15) is 0 Å². The van der Waals surface area contributed by atoms with Gasteiger partial charge in [-0.05, 0) is 24.3 Å². The lowest BCUT2D eigenvalue weighted by Gasteiger charge is -2.26. The molecule has 2 aromatic rings. The summed E-state index contributed by atoms with van der Waals surface area (Å²) in [5.41, 5.74) is 2.18. The van der Waals surface area contributed by atoms with Crippen LogP contribution in [-0.2, 0) is 0 Å². The van der Waals surface area contributed by atoms with E-state index in [0.29, 0.717) is 0 Å². The molecule has 6 heteroatoms. The normalized spacial score (nSPS) is 14.8. The number of halogens is 1. The average molecular weight is 312 g/mol. The van der Waals surface area contributed by atoms with Crippen molar-refractivity contribution in [3.05, 3.63) is 29.6 Å². The molecular formula is C14H18ClN3OS. The molecule has 0 bridgehead atoms. The third kappa shape index (κ3) is 3.23. The summed E-state index contributed by atoms with van der Waals surface area (Å²) in [6.07, 6.45) is 0. The van der Waals surface area contributed by atoms with Crippen LogP contribution in [0.4, 0.5) is 5.13 Å². The van der Waals surface area contributed by atoms with Crippen molar-refractivity contribution < 1.29 is 4.74 Å². The van der Waals surface area contributed by atoms with Crippen molar-refractivity contribution in [3.8, 4) is 17.0 Å². The highest BCUT2D eigenvalue weighted by Gasteiger charge is 2.14. The van der Waals surface area contributed by atoms with Crippen molar-refractivity contribution in [2.45, 2.75) is 0 Å². The molecule has 0 radical (unpaired) electrons. The van der Waals surface area contributed by atoms with Crippen LogP contribution < -0.4 is 15.0 Å². The van der Waals surface area contributed by atoms with E-state index >= 15 is 0 Å². The monoisotopic (exact) mass is 311 g/mol. The third-order valence-electron chi connectivity index (χ3n) is 3.27. The molecule has 0 saturated carbocycles. The second-order valence-electron chi connectivity index (χ2n) is 4.48. The first kappa shape index (κ1) is 15.1. The van der Waals surface area contributed by atoms with Gasteiger partial charge < -0.3 is 15.0 Å². The SMILES string of the molecule is COc1ccc(-c2csc(N3CCNCC3)n2)cc1.Cl. The number of methoxy groups -OCH3 is 1. The first-order valence-electron chi connectivity index (χ1n) is 6.42. The molecule has 2 heterocycles. The minimum Gasteiger partial charge on any atom is -0.497 e. The lowest BCUT2D eigenvalue weighted by atomic mass is 10.2. The van der Waals surface area contributed by atoms with Gasteiger partial charge in [0.15, 0.2) is 5.13 Å². The molecule has 108 valence electrons. The minimum atomic E-state index is 0. The fourth-order valence-corrected chi connectivity index (χ4v) is 3.05. The predicted molar refractivity (Wildman–Crippen MR) is 86.4 cm³/mol. The fourth-order valence-electron chi connectivity index (χ4n) is 2.16. The number of hydrogen-bond acceptors (Lipinski definition) is 5. The average Bonchev–Trinajstić information content (AvgIpc) is 2.98. The van der Waals surface area contributed by atoms with Crippen LogP contribution >= 0.6 is 23.7 Å². The van der Waals surface area contributed by atoms with Gasteiger partial charge >= 0.3 is 0 Å². The van der Waals surface area contributed by atoms with Crippen molar-refractivity contribution in [1.82, 2.24) is 10.3 Å². The molecule has 0 spiro atoms. The molecule has 3 rings (SSSR count). The molecule has 4 nitrogen and oxygen atoms in total. The molecule has 1 aromatic heterocycles. The number of anilines is 1. The van der Waals surface area contributed by atoms with Crippen molar-refractivity contribution >= 4 is 28.9 Å². The van der Waals surface area contributed by atoms with E-state index in [4.69, 9.17) is 9.72 Å². The Bertz CT molecular complexity index is 538. The van der Waals surface area contributed by atoms with Crippen LogP contribution in [0.3, 0.4) is 0 Å². The van der Waals surface area contributed by atoms with E-state index in [0.717, 1.165) is 48.3 Å². The predicted octanol–water partition coefficient (Wildman–Crippen LogP) is 2.65. The van der Waals surface area contributed by atoms with Crippen LogP contribution in [-0.4, -0.2) is 38.3 Å². The molecule has 1 saturated heterocycles. The standard InChI is InChI=1S/C14H17N3OS.ClH/c1-18-12-4-2-11(3-5-12)13-10-19-14(16-13)17-8-6-15-7-9-17;/h2-5,10,15H,6-9H2,1H3;1H. The van der Waals surface area contributed by atoms with Gasteiger partial charge in [-0.2, -0.15) is 0 Å². The Kier molecular flexibility index (Phi) is 5.23. The van der Waals surface area contributed by atoms with E-state index in [2.05, 4.69) is 27.7 Å². The zero-order chi connectivity index (χ0) is 13.1. The quantitative estimate of drug-likeness (QED) is 0.945. The number of thiazole rings is 1. The molecule has 1 aliphatic rings. The zero-order valence-electron chi connectivity index (χ0n) is 11.3. The lowest BCUT2D eigenvalue weighted by Crippen LogP contribution is -2.43. The number of nitrogens with zero attached hydrogens (tertiary/aromatic N) is 2. The molecule has 0 unspecified atom stereocenters. The Hall–Kier alpha value is -1.30. The van der Waals surface area contributed by atoms with Gasteiger partial charge in [-0.15, -0.1) is 23.7 Å². The van der Waals surface area contributed by atoms with E-state index in [-0.39, 0.29) is 12.4 Å². The van der Waals surface area contributed by atoms with Crippen molar-refractivity contribution in [3.63, 3.8) is 0 Å². The summed E-state index contributed by atoms with van der Waals surface area (Å²) in [6, 6.07) is 8.04. The number of rotatable bonds is 3. The third-order valence-corrected chi connectivity index (χ3v) is 4.17. The van der Waals surface area contributed by atoms with Gasteiger partial charge in [0.05, 0.1) is 12.8 Å². The fraction of sp³-hybridized carbons (Fsp3) is 0.357. The Morgan fingerprint density at radius 2 is 1.90 bits per heavy atom. The van der Waals surface area contributed by atoms with Gasteiger partial charge in [0.25, 0.3) is 0 Å². The summed E-state index contributed by atoms with van der Waals surface area (Å²) in [4.78, 5) is 7.08. The molecule has 0 amide bonds. The summed E-state index contributed by atoms with van der Waals surface area (Å²) >= 11 is 1.72. The summed E-state index contributed by atoms with van der Waals surface area (Å²) in [5, 5.41) is 6.60. The Balaban J connectivity index is 0.00000147. The lowest BCUT2D eigenvalue weighted by molar-refractivity contribution is 0.415. The van der Waals surface area contributed by atoms with E-state index in [1.54, 1.807) is 18.4 Å². The second kappa shape index (κ2) is 6.92. The van der Waals surface area contributed by atoms with Crippen molar-refractivity contribution in [1.29, 1.82) is 0 Å². The Morgan fingerprint density at radius 3 is 2.55 bits per heavy atom. The number of benzene rings is 1. The van der Waals surface area contributed by atoms with Gasteiger partial charge in [-0.1, -0.05) is 0 Å². The molecular weight excluding hydrogens is 294 g/mol. The van der Waals surface area contributed by atoms with Crippen molar-refractivity contribution in [2.24, 2.45) is 0 Å². The summed E-state index contributed by atoms with van der Waals surface area (Å²) in [7, 11) is 1.68. The second-order valence-corrected chi connectivity index (χ2v) is 5.32. The van der Waals surface area contributed by atoms with Crippen LogP contribution in [0.2, 0.25) is 0 Å². The maximum atomic E-state index is 5.17. The van der Waals surface area contributed by atoms with E-state index in [1.165, 1.54) is 0 Å². The molecule has 0 aliphatic carbocycles. The van der Waals surface area contributed by atoms with Gasteiger partial charge in [0.2, 0.25) is 0 Å². The zero-order valence-corrected chi connectivity index (χ0v) is 13.0. The summed E-state index contributed by atoms with van der Waals surface area (Å²) in [5.74, 6) is 0.876.